The lowest BCUT2D eigenvalue weighted by molar-refractivity contribution is 0.463. The van der Waals surface area contributed by atoms with E-state index in [1.54, 1.807) is 18.2 Å². The molecular formula is C16H15FN2O. The van der Waals surface area contributed by atoms with Gasteiger partial charge in [-0.3, -0.25) is 0 Å². The van der Waals surface area contributed by atoms with Gasteiger partial charge in [0.1, 0.15) is 23.4 Å². The highest BCUT2D eigenvalue weighted by molar-refractivity contribution is 5.42. The van der Waals surface area contributed by atoms with Crippen LogP contribution in [0.2, 0.25) is 0 Å². The second-order valence-electron chi connectivity index (χ2n) is 4.41. The molecule has 0 bridgehead atoms. The third-order valence-electron chi connectivity index (χ3n) is 3.05. The molecule has 0 aliphatic rings. The second-order valence-corrected chi connectivity index (χ2v) is 4.41. The molecule has 2 aromatic rings. The van der Waals surface area contributed by atoms with Crippen molar-refractivity contribution >= 4 is 0 Å². The Labute approximate surface area is 117 Å². The van der Waals surface area contributed by atoms with E-state index in [-0.39, 0.29) is 11.6 Å². The van der Waals surface area contributed by atoms with Crippen molar-refractivity contribution in [2.24, 2.45) is 5.73 Å². The molecule has 102 valence electrons. The highest BCUT2D eigenvalue weighted by Gasteiger charge is 2.11. The van der Waals surface area contributed by atoms with Crippen molar-refractivity contribution in [3.8, 4) is 17.6 Å². The summed E-state index contributed by atoms with van der Waals surface area (Å²) in [5, 5.41) is 8.70. The van der Waals surface area contributed by atoms with E-state index in [9.17, 15) is 4.39 Å². The van der Waals surface area contributed by atoms with Crippen LogP contribution in [0, 0.1) is 17.1 Å². The van der Waals surface area contributed by atoms with Crippen LogP contribution in [0.4, 0.5) is 4.39 Å². The average Bonchev–Trinajstić information content (AvgIpc) is 2.47. The molecule has 2 aromatic carbocycles. The molecule has 3 nitrogen and oxygen atoms in total. The van der Waals surface area contributed by atoms with E-state index >= 15 is 0 Å². The summed E-state index contributed by atoms with van der Waals surface area (Å²) >= 11 is 0. The van der Waals surface area contributed by atoms with Crippen LogP contribution in [0.5, 0.6) is 11.5 Å². The van der Waals surface area contributed by atoms with Gasteiger partial charge < -0.3 is 10.5 Å². The highest BCUT2D eigenvalue weighted by Crippen LogP contribution is 2.30. The summed E-state index contributed by atoms with van der Waals surface area (Å²) < 4.78 is 19.2. The van der Waals surface area contributed by atoms with Gasteiger partial charge in [-0.05, 0) is 24.6 Å². The van der Waals surface area contributed by atoms with Crippen LogP contribution < -0.4 is 10.5 Å². The molecule has 1 atom stereocenters. The molecule has 4 heteroatoms. The number of nitrogens with zero attached hydrogens (tertiary/aromatic N) is 1. The van der Waals surface area contributed by atoms with Gasteiger partial charge >= 0.3 is 0 Å². The summed E-state index contributed by atoms with van der Waals surface area (Å²) in [6.45, 7) is 1.99. The monoisotopic (exact) mass is 270 g/mol. The first kappa shape index (κ1) is 14.0. The van der Waals surface area contributed by atoms with E-state index in [1.807, 2.05) is 25.1 Å². The lowest BCUT2D eigenvalue weighted by Gasteiger charge is -2.15. The molecule has 0 aliphatic heterocycles. The van der Waals surface area contributed by atoms with Crippen molar-refractivity contribution in [3.63, 3.8) is 0 Å². The standard InChI is InChI=1S/C16H15FN2O/c1-2-15(19)13-5-3-4-6-16(13)20-12-8-7-11(10-18)14(17)9-12/h3-9,15H,2,19H2,1H3/t15-/m0/s1. The normalized spacial score (nSPS) is 11.7. The molecule has 0 heterocycles. The van der Waals surface area contributed by atoms with E-state index in [4.69, 9.17) is 15.7 Å². The molecular weight excluding hydrogens is 255 g/mol. The van der Waals surface area contributed by atoms with Crippen LogP contribution in [0.3, 0.4) is 0 Å². The third-order valence-corrected chi connectivity index (χ3v) is 3.05. The number of rotatable bonds is 4. The van der Waals surface area contributed by atoms with Crippen molar-refractivity contribution in [1.82, 2.24) is 0 Å². The van der Waals surface area contributed by atoms with Gasteiger partial charge in [-0.1, -0.05) is 25.1 Å². The van der Waals surface area contributed by atoms with Gasteiger partial charge in [0.25, 0.3) is 0 Å². The van der Waals surface area contributed by atoms with Crippen molar-refractivity contribution < 1.29 is 9.13 Å². The van der Waals surface area contributed by atoms with E-state index in [1.165, 1.54) is 12.1 Å². The van der Waals surface area contributed by atoms with Crippen LogP contribution in [0.1, 0.15) is 30.5 Å². The maximum atomic E-state index is 13.6. The lowest BCUT2D eigenvalue weighted by atomic mass is 10.0. The quantitative estimate of drug-likeness (QED) is 0.916. The number of benzene rings is 2. The van der Waals surface area contributed by atoms with Gasteiger partial charge in [0.15, 0.2) is 0 Å². The number of nitrogens with two attached hydrogens (primary N) is 1. The van der Waals surface area contributed by atoms with Crippen LogP contribution >= 0.6 is 0 Å². The van der Waals surface area contributed by atoms with Gasteiger partial charge in [0, 0.05) is 17.7 Å². The van der Waals surface area contributed by atoms with Crippen LogP contribution in [-0.4, -0.2) is 0 Å². The minimum absolute atomic E-state index is 0.00380. The van der Waals surface area contributed by atoms with Crippen molar-refractivity contribution in [1.29, 1.82) is 5.26 Å². The molecule has 0 unspecified atom stereocenters. The molecule has 0 saturated heterocycles. The largest absolute Gasteiger partial charge is 0.457 e. The molecule has 0 spiro atoms. The Morgan fingerprint density at radius 3 is 2.70 bits per heavy atom. The van der Waals surface area contributed by atoms with Crippen LogP contribution in [0.25, 0.3) is 0 Å². The number of hydrogen-bond donors (Lipinski definition) is 1. The molecule has 0 aromatic heterocycles. The molecule has 20 heavy (non-hydrogen) atoms. The fraction of sp³-hybridized carbons (Fsp3) is 0.188. The van der Waals surface area contributed by atoms with Crippen molar-refractivity contribution in [3.05, 3.63) is 59.4 Å². The summed E-state index contributed by atoms with van der Waals surface area (Å²) in [7, 11) is 0. The summed E-state index contributed by atoms with van der Waals surface area (Å²) in [6, 6.07) is 13.2. The van der Waals surface area contributed by atoms with Crippen molar-refractivity contribution in [2.75, 3.05) is 0 Å². The Kier molecular flexibility index (Phi) is 4.34. The predicted molar refractivity (Wildman–Crippen MR) is 74.9 cm³/mol. The molecule has 0 amide bonds. The molecule has 0 saturated carbocycles. The Hall–Kier alpha value is -2.38. The molecule has 0 radical (unpaired) electrons. The first-order valence-electron chi connectivity index (χ1n) is 6.37. The first-order chi connectivity index (χ1) is 9.65. The summed E-state index contributed by atoms with van der Waals surface area (Å²) in [6.07, 6.45) is 0.780. The van der Waals surface area contributed by atoms with Crippen molar-refractivity contribution in [2.45, 2.75) is 19.4 Å². The van der Waals surface area contributed by atoms with Crippen LogP contribution in [0.15, 0.2) is 42.5 Å². The van der Waals surface area contributed by atoms with E-state index in [2.05, 4.69) is 0 Å². The molecule has 0 aliphatic carbocycles. The fourth-order valence-electron chi connectivity index (χ4n) is 1.88. The Bertz CT molecular complexity index is 649. The highest BCUT2D eigenvalue weighted by atomic mass is 19.1. The topological polar surface area (TPSA) is 59.0 Å². The minimum Gasteiger partial charge on any atom is -0.457 e. The van der Waals surface area contributed by atoms with Gasteiger partial charge in [-0.2, -0.15) is 5.26 Å². The van der Waals surface area contributed by atoms with Gasteiger partial charge in [0.05, 0.1) is 5.56 Å². The maximum Gasteiger partial charge on any atom is 0.144 e. The average molecular weight is 270 g/mol. The predicted octanol–water partition coefficient (Wildman–Crippen LogP) is 3.90. The number of ether oxygens (including phenoxy) is 1. The molecule has 2 rings (SSSR count). The number of hydrogen-bond acceptors (Lipinski definition) is 3. The smallest absolute Gasteiger partial charge is 0.144 e. The zero-order valence-electron chi connectivity index (χ0n) is 11.1. The van der Waals surface area contributed by atoms with Gasteiger partial charge in [-0.25, -0.2) is 4.39 Å². The maximum absolute atomic E-state index is 13.6. The molecule has 2 N–H and O–H groups in total. The summed E-state index contributed by atoms with van der Waals surface area (Å²) in [5.41, 5.74) is 6.90. The molecule has 0 fully saturated rings. The van der Waals surface area contributed by atoms with E-state index in [0.717, 1.165) is 12.0 Å². The first-order valence-corrected chi connectivity index (χ1v) is 6.37. The SMILES string of the molecule is CC[C@H](N)c1ccccc1Oc1ccc(C#N)c(F)c1. The summed E-state index contributed by atoms with van der Waals surface area (Å²) in [4.78, 5) is 0. The lowest BCUT2D eigenvalue weighted by Crippen LogP contribution is -2.09. The third kappa shape index (κ3) is 2.95. The van der Waals surface area contributed by atoms with Gasteiger partial charge in [-0.15, -0.1) is 0 Å². The zero-order chi connectivity index (χ0) is 14.5. The van der Waals surface area contributed by atoms with Gasteiger partial charge in [0.2, 0.25) is 0 Å². The Morgan fingerprint density at radius 1 is 1.30 bits per heavy atom. The number of nitriles is 1. The second kappa shape index (κ2) is 6.18. The van der Waals surface area contributed by atoms with E-state index < -0.39 is 5.82 Å². The van der Waals surface area contributed by atoms with E-state index in [0.29, 0.717) is 11.5 Å². The number of para-hydroxylation sites is 1. The van der Waals surface area contributed by atoms with Crippen LogP contribution in [-0.2, 0) is 0 Å². The number of halogens is 1. The zero-order valence-corrected chi connectivity index (χ0v) is 11.1. The minimum atomic E-state index is -0.595. The Balaban J connectivity index is 2.31. The summed E-state index contributed by atoms with van der Waals surface area (Å²) in [5.74, 6) is 0.352. The Morgan fingerprint density at radius 2 is 2.05 bits per heavy atom. The fourth-order valence-corrected chi connectivity index (χ4v) is 1.88.